The van der Waals surface area contributed by atoms with E-state index in [9.17, 15) is 13.2 Å². The predicted octanol–water partition coefficient (Wildman–Crippen LogP) is 4.87. The number of aliphatic carboxylic acids is 1. The second-order valence-corrected chi connectivity index (χ2v) is 7.75. The van der Waals surface area contributed by atoms with Gasteiger partial charge in [-0.1, -0.05) is 57.1 Å². The molecule has 0 aliphatic rings. The zero-order valence-corrected chi connectivity index (χ0v) is 14.4. The molecule has 0 fully saturated rings. The average Bonchev–Trinajstić information content (AvgIpc) is 2.50. The van der Waals surface area contributed by atoms with E-state index < -0.39 is 12.1 Å². The van der Waals surface area contributed by atoms with E-state index in [1.165, 1.54) is 18.1 Å². The molecule has 1 aromatic carbocycles. The Morgan fingerprint density at radius 2 is 1.45 bits per heavy atom. The van der Waals surface area contributed by atoms with Crippen molar-refractivity contribution in [3.63, 3.8) is 0 Å². The van der Waals surface area contributed by atoms with Crippen molar-refractivity contribution in [2.24, 2.45) is 0 Å². The van der Waals surface area contributed by atoms with Crippen LogP contribution >= 0.6 is 0 Å². The Balaban J connectivity index is 0. The van der Waals surface area contributed by atoms with Gasteiger partial charge in [-0.25, -0.2) is 4.79 Å². The summed E-state index contributed by atoms with van der Waals surface area (Å²) in [6, 6.07) is 14.0. The maximum atomic E-state index is 10.6. The van der Waals surface area contributed by atoms with Crippen molar-refractivity contribution >= 4 is 14.8 Å². The fourth-order valence-corrected chi connectivity index (χ4v) is 2.81. The third-order valence-electron chi connectivity index (χ3n) is 2.72. The van der Waals surface area contributed by atoms with Crippen molar-refractivity contribution in [1.82, 2.24) is 0 Å². The second-order valence-electron chi connectivity index (χ2n) is 4.13. The number of benzene rings is 1. The van der Waals surface area contributed by atoms with Crippen LogP contribution in [0.25, 0.3) is 0 Å². The van der Waals surface area contributed by atoms with Crippen molar-refractivity contribution in [3.8, 4) is 5.75 Å². The molecule has 0 unspecified atom stereocenters. The average molecular weight is 337 g/mol. The van der Waals surface area contributed by atoms with Gasteiger partial charge < -0.3 is 9.84 Å². The number of alkyl halides is 3. The standard InChI is InChI=1S/C7H8O.C6H15Si.C2HF3O2/c1-8-7-5-3-2-4-6-7;1-4-7(5-2)6-3;3-2(4,5)1(6)7/h2-6H,1H3;4-6H2,1-3H3;(H,6,7). The number of methoxy groups -OCH3 is 1. The smallest absolute Gasteiger partial charge is 0.490 e. The van der Waals surface area contributed by atoms with Crippen LogP contribution in [0, 0.1) is 0 Å². The molecule has 0 saturated carbocycles. The van der Waals surface area contributed by atoms with Gasteiger partial charge >= 0.3 is 12.1 Å². The summed E-state index contributed by atoms with van der Waals surface area (Å²) in [4.78, 5) is 8.90. The summed E-state index contributed by atoms with van der Waals surface area (Å²) in [6.45, 7) is 6.92. The molecule has 127 valence electrons. The Hall–Kier alpha value is -1.50. The van der Waals surface area contributed by atoms with Gasteiger partial charge in [0.2, 0.25) is 0 Å². The largest absolute Gasteiger partial charge is 0.497 e. The summed E-state index contributed by atoms with van der Waals surface area (Å²) < 4.78 is 36.7. The highest BCUT2D eigenvalue weighted by Gasteiger charge is 2.38. The fourth-order valence-electron chi connectivity index (χ4n) is 1.31. The predicted molar refractivity (Wildman–Crippen MR) is 83.9 cm³/mol. The first-order valence-electron chi connectivity index (χ1n) is 6.95. The number of ether oxygens (including phenoxy) is 1. The molecule has 7 heteroatoms. The SMILES string of the molecule is CC[Si](CC)CC.COc1ccccc1.O=C(O)C(F)(F)F. The zero-order valence-electron chi connectivity index (χ0n) is 13.4. The monoisotopic (exact) mass is 337 g/mol. The van der Waals surface area contributed by atoms with Gasteiger partial charge in [0.05, 0.1) is 7.11 Å². The molecule has 0 amide bonds. The highest BCUT2D eigenvalue weighted by Crippen LogP contribution is 2.13. The van der Waals surface area contributed by atoms with Crippen LogP contribution in [0.1, 0.15) is 20.8 Å². The Labute approximate surface area is 131 Å². The van der Waals surface area contributed by atoms with Crippen LogP contribution in [-0.2, 0) is 4.79 Å². The number of hydrogen-bond acceptors (Lipinski definition) is 2. The van der Waals surface area contributed by atoms with Crippen LogP contribution < -0.4 is 4.74 Å². The molecule has 0 saturated heterocycles. The van der Waals surface area contributed by atoms with Crippen molar-refractivity contribution in [3.05, 3.63) is 30.3 Å². The number of rotatable bonds is 4. The van der Waals surface area contributed by atoms with E-state index in [0.29, 0.717) is 0 Å². The van der Waals surface area contributed by atoms with Gasteiger partial charge in [-0.3, -0.25) is 0 Å². The number of para-hydroxylation sites is 1. The number of hydrogen-bond donors (Lipinski definition) is 1. The molecule has 1 rings (SSSR count). The Morgan fingerprint density at radius 1 is 1.09 bits per heavy atom. The van der Waals surface area contributed by atoms with Crippen LogP contribution in [0.2, 0.25) is 18.1 Å². The molecule has 1 aromatic rings. The zero-order chi connectivity index (χ0) is 17.6. The van der Waals surface area contributed by atoms with Crippen LogP contribution in [0.15, 0.2) is 30.3 Å². The molecule has 0 heterocycles. The molecule has 3 nitrogen and oxygen atoms in total. The summed E-state index contributed by atoms with van der Waals surface area (Å²) >= 11 is 0. The third-order valence-corrected chi connectivity index (χ3v) is 5.72. The minimum absolute atomic E-state index is 0.137. The van der Waals surface area contributed by atoms with E-state index in [-0.39, 0.29) is 8.80 Å². The fraction of sp³-hybridized carbons (Fsp3) is 0.533. The maximum absolute atomic E-state index is 10.6. The quantitative estimate of drug-likeness (QED) is 0.797. The van der Waals surface area contributed by atoms with E-state index >= 15 is 0 Å². The van der Waals surface area contributed by atoms with Crippen LogP contribution in [0.5, 0.6) is 5.75 Å². The topological polar surface area (TPSA) is 46.5 Å². The molecular formula is C15H24F3O3Si. The maximum Gasteiger partial charge on any atom is 0.490 e. The molecule has 0 aliphatic heterocycles. The Bertz CT molecular complexity index is 374. The van der Waals surface area contributed by atoms with Crippen molar-refractivity contribution in [1.29, 1.82) is 0 Å². The first-order valence-corrected chi connectivity index (χ1v) is 9.07. The first-order chi connectivity index (χ1) is 10.2. The second kappa shape index (κ2) is 13.2. The van der Waals surface area contributed by atoms with E-state index in [0.717, 1.165) is 5.75 Å². The summed E-state index contributed by atoms with van der Waals surface area (Å²) in [5, 5.41) is 7.12. The molecule has 0 spiro atoms. The summed E-state index contributed by atoms with van der Waals surface area (Å²) in [7, 11) is 1.80. The number of carbonyl (C=O) groups is 1. The minimum Gasteiger partial charge on any atom is -0.497 e. The van der Waals surface area contributed by atoms with Crippen LogP contribution in [0.4, 0.5) is 13.2 Å². The lowest BCUT2D eigenvalue weighted by atomic mass is 10.3. The summed E-state index contributed by atoms with van der Waals surface area (Å²) in [5.41, 5.74) is 0. The molecule has 22 heavy (non-hydrogen) atoms. The molecule has 1 N–H and O–H groups in total. The van der Waals surface area contributed by atoms with E-state index in [2.05, 4.69) is 20.8 Å². The number of carboxylic acid groups (broad SMARTS) is 1. The molecule has 0 aliphatic carbocycles. The van der Waals surface area contributed by atoms with E-state index in [1.807, 2.05) is 30.3 Å². The highest BCUT2D eigenvalue weighted by molar-refractivity contribution is 6.58. The van der Waals surface area contributed by atoms with Gasteiger partial charge in [-0.15, -0.1) is 0 Å². The minimum atomic E-state index is -5.08. The molecular weight excluding hydrogens is 313 g/mol. The normalized spacial score (nSPS) is 10.0. The van der Waals surface area contributed by atoms with Gasteiger partial charge in [0.25, 0.3) is 0 Å². The van der Waals surface area contributed by atoms with Gasteiger partial charge in [0.1, 0.15) is 5.75 Å². The number of carboxylic acids is 1. The molecule has 0 atom stereocenters. The van der Waals surface area contributed by atoms with Crippen molar-refractivity contribution in [2.45, 2.75) is 45.1 Å². The van der Waals surface area contributed by atoms with Gasteiger partial charge in [0, 0.05) is 8.80 Å². The molecule has 0 aromatic heterocycles. The lowest BCUT2D eigenvalue weighted by Crippen LogP contribution is -2.21. The van der Waals surface area contributed by atoms with E-state index in [1.54, 1.807) is 7.11 Å². The lowest BCUT2D eigenvalue weighted by Gasteiger charge is -2.02. The van der Waals surface area contributed by atoms with Crippen molar-refractivity contribution < 1.29 is 27.8 Å². The van der Waals surface area contributed by atoms with Crippen LogP contribution in [0.3, 0.4) is 0 Å². The summed E-state index contributed by atoms with van der Waals surface area (Å²) in [5.74, 6) is -1.85. The van der Waals surface area contributed by atoms with Gasteiger partial charge in [-0.05, 0) is 12.1 Å². The third kappa shape index (κ3) is 13.5. The van der Waals surface area contributed by atoms with E-state index in [4.69, 9.17) is 14.6 Å². The van der Waals surface area contributed by atoms with Gasteiger partial charge in [-0.2, -0.15) is 13.2 Å². The van der Waals surface area contributed by atoms with Crippen LogP contribution in [-0.4, -0.2) is 33.2 Å². The Kier molecular flexibility index (Phi) is 13.6. The molecule has 0 bridgehead atoms. The Morgan fingerprint density at radius 3 is 1.59 bits per heavy atom. The highest BCUT2D eigenvalue weighted by atomic mass is 28.3. The van der Waals surface area contributed by atoms with Crippen molar-refractivity contribution in [2.75, 3.05) is 7.11 Å². The number of halogens is 3. The van der Waals surface area contributed by atoms with Gasteiger partial charge in [0.15, 0.2) is 0 Å². The summed E-state index contributed by atoms with van der Waals surface area (Å²) in [6.07, 6.45) is -5.08. The lowest BCUT2D eigenvalue weighted by molar-refractivity contribution is -0.192. The molecule has 1 radical (unpaired) electrons. The first kappa shape index (κ1) is 22.8.